The molecule has 4 unspecified atom stereocenters. The molecule has 4 atom stereocenters. The first-order valence-corrected chi connectivity index (χ1v) is 9.73. The number of hydrogen-bond acceptors (Lipinski definition) is 5. The van der Waals surface area contributed by atoms with E-state index in [4.69, 9.17) is 4.52 Å². The van der Waals surface area contributed by atoms with Crippen LogP contribution in [0.2, 0.25) is 0 Å². The molecule has 0 radical (unpaired) electrons. The Hall–Kier alpha value is -1.69. The fourth-order valence-electron chi connectivity index (χ4n) is 4.42. The van der Waals surface area contributed by atoms with Crippen LogP contribution < -0.4 is 5.32 Å². The van der Waals surface area contributed by atoms with Crippen molar-refractivity contribution in [2.24, 2.45) is 17.8 Å². The second-order valence-electron chi connectivity index (χ2n) is 7.18. The van der Waals surface area contributed by atoms with Crippen LogP contribution in [0.25, 0.3) is 10.7 Å². The molecule has 4 rings (SSSR count). The summed E-state index contributed by atoms with van der Waals surface area (Å²) in [5.41, 5.74) is 0. The summed E-state index contributed by atoms with van der Waals surface area (Å²) in [5.74, 6) is 3.63. The molecule has 24 heavy (non-hydrogen) atoms. The van der Waals surface area contributed by atoms with Crippen LogP contribution in [0.5, 0.6) is 0 Å². The molecule has 0 spiro atoms. The van der Waals surface area contributed by atoms with Gasteiger partial charge in [-0.2, -0.15) is 4.98 Å². The summed E-state index contributed by atoms with van der Waals surface area (Å²) in [6.07, 6.45) is 6.30. The van der Waals surface area contributed by atoms with Crippen molar-refractivity contribution in [3.8, 4) is 10.7 Å². The molecule has 2 saturated carbocycles. The molecule has 2 aliphatic carbocycles. The van der Waals surface area contributed by atoms with Crippen LogP contribution >= 0.6 is 11.3 Å². The van der Waals surface area contributed by atoms with Crippen molar-refractivity contribution in [1.82, 2.24) is 15.5 Å². The zero-order valence-corrected chi connectivity index (χ0v) is 14.7. The van der Waals surface area contributed by atoms with E-state index in [2.05, 4.69) is 22.4 Å². The molecule has 6 heteroatoms. The lowest BCUT2D eigenvalue weighted by atomic mass is 9.84. The molecular formula is C18H23N3O2S. The van der Waals surface area contributed by atoms with Gasteiger partial charge in [0.2, 0.25) is 17.6 Å². The number of thiophene rings is 1. The minimum absolute atomic E-state index is 0.0844. The number of rotatable bonds is 6. The number of aromatic nitrogens is 2. The van der Waals surface area contributed by atoms with E-state index in [-0.39, 0.29) is 11.9 Å². The lowest BCUT2D eigenvalue weighted by Crippen LogP contribution is -2.40. The van der Waals surface area contributed by atoms with Crippen molar-refractivity contribution in [3.05, 3.63) is 23.4 Å². The molecule has 2 aromatic rings. The largest absolute Gasteiger partial charge is 0.353 e. The lowest BCUT2D eigenvalue weighted by molar-refractivity contribution is -0.122. The lowest BCUT2D eigenvalue weighted by Gasteiger charge is -2.28. The van der Waals surface area contributed by atoms with Crippen molar-refractivity contribution in [1.29, 1.82) is 0 Å². The molecule has 1 amide bonds. The maximum absolute atomic E-state index is 12.2. The van der Waals surface area contributed by atoms with E-state index in [0.717, 1.165) is 16.7 Å². The van der Waals surface area contributed by atoms with Gasteiger partial charge in [-0.1, -0.05) is 17.6 Å². The van der Waals surface area contributed by atoms with Crippen LogP contribution in [0.1, 0.15) is 44.9 Å². The molecule has 2 heterocycles. The number of fused-ring (bicyclic) bond motifs is 2. The fourth-order valence-corrected chi connectivity index (χ4v) is 5.07. The van der Waals surface area contributed by atoms with E-state index in [0.29, 0.717) is 30.5 Å². The molecule has 2 fully saturated rings. The second kappa shape index (κ2) is 6.67. The molecule has 5 nitrogen and oxygen atoms in total. The van der Waals surface area contributed by atoms with Crippen molar-refractivity contribution < 1.29 is 9.32 Å². The molecule has 0 aromatic carbocycles. The minimum atomic E-state index is 0.0844. The maximum atomic E-state index is 12.2. The molecule has 0 aliphatic heterocycles. The molecular weight excluding hydrogens is 322 g/mol. The molecule has 2 aromatic heterocycles. The Bertz CT molecular complexity index is 697. The molecule has 2 bridgehead atoms. The summed E-state index contributed by atoms with van der Waals surface area (Å²) in [6.45, 7) is 2.16. The molecule has 0 saturated heterocycles. The summed E-state index contributed by atoms with van der Waals surface area (Å²) >= 11 is 1.58. The van der Waals surface area contributed by atoms with E-state index in [9.17, 15) is 4.79 Å². The monoisotopic (exact) mass is 345 g/mol. The summed E-state index contributed by atoms with van der Waals surface area (Å²) < 4.78 is 5.25. The Balaban J connectivity index is 1.26. The summed E-state index contributed by atoms with van der Waals surface area (Å²) in [6, 6.07) is 4.20. The third-order valence-electron chi connectivity index (χ3n) is 5.60. The van der Waals surface area contributed by atoms with E-state index in [1.165, 1.54) is 25.7 Å². The highest BCUT2D eigenvalue weighted by atomic mass is 32.1. The van der Waals surface area contributed by atoms with E-state index in [1.54, 1.807) is 11.3 Å². The van der Waals surface area contributed by atoms with Gasteiger partial charge in [0.1, 0.15) is 0 Å². The molecule has 2 aliphatic rings. The Morgan fingerprint density at radius 1 is 1.46 bits per heavy atom. The van der Waals surface area contributed by atoms with Crippen LogP contribution in [0.3, 0.4) is 0 Å². The Morgan fingerprint density at radius 2 is 2.38 bits per heavy atom. The van der Waals surface area contributed by atoms with Gasteiger partial charge in [-0.05, 0) is 55.4 Å². The number of nitrogens with one attached hydrogen (secondary N) is 1. The normalized spacial score (nSPS) is 26.6. The van der Waals surface area contributed by atoms with E-state index >= 15 is 0 Å². The average molecular weight is 345 g/mol. The first-order valence-electron chi connectivity index (χ1n) is 8.85. The minimum Gasteiger partial charge on any atom is -0.353 e. The van der Waals surface area contributed by atoms with Gasteiger partial charge in [0, 0.05) is 18.9 Å². The van der Waals surface area contributed by atoms with Gasteiger partial charge in [-0.25, -0.2) is 0 Å². The zero-order chi connectivity index (χ0) is 16.5. The van der Waals surface area contributed by atoms with Crippen molar-refractivity contribution in [2.75, 3.05) is 0 Å². The highest BCUT2D eigenvalue weighted by Crippen LogP contribution is 2.49. The van der Waals surface area contributed by atoms with Gasteiger partial charge in [0.05, 0.1) is 4.88 Å². The van der Waals surface area contributed by atoms with Crippen molar-refractivity contribution >= 4 is 17.2 Å². The summed E-state index contributed by atoms with van der Waals surface area (Å²) in [4.78, 5) is 17.6. The highest BCUT2D eigenvalue weighted by molar-refractivity contribution is 7.13. The zero-order valence-electron chi connectivity index (χ0n) is 13.9. The number of nitrogens with zero attached hydrogens (tertiary/aromatic N) is 2. The number of aryl methyl sites for hydroxylation is 1. The standard InChI is InChI=1S/C18H23N3O2S/c1-11(14-10-12-4-5-13(14)9-12)19-16(22)6-7-17-20-18(21-23-17)15-3-2-8-24-15/h2-3,8,11-14H,4-7,9-10H2,1H3,(H,19,22). The van der Waals surface area contributed by atoms with Crippen LogP contribution in [0.15, 0.2) is 22.0 Å². The Labute approximate surface area is 145 Å². The second-order valence-corrected chi connectivity index (χ2v) is 8.13. The van der Waals surface area contributed by atoms with Crippen LogP contribution in [0.4, 0.5) is 0 Å². The maximum Gasteiger partial charge on any atom is 0.227 e. The van der Waals surface area contributed by atoms with Crippen molar-refractivity contribution in [3.63, 3.8) is 0 Å². The number of amides is 1. The third-order valence-corrected chi connectivity index (χ3v) is 6.47. The van der Waals surface area contributed by atoms with Crippen LogP contribution in [0, 0.1) is 17.8 Å². The number of carbonyl (C=O) groups is 1. The summed E-state index contributed by atoms with van der Waals surface area (Å²) in [5, 5.41) is 9.15. The van der Waals surface area contributed by atoms with Crippen LogP contribution in [-0.4, -0.2) is 22.1 Å². The van der Waals surface area contributed by atoms with Gasteiger partial charge in [-0.3, -0.25) is 4.79 Å². The van der Waals surface area contributed by atoms with Crippen molar-refractivity contribution in [2.45, 2.75) is 51.5 Å². The van der Waals surface area contributed by atoms with Gasteiger partial charge in [0.25, 0.3) is 0 Å². The predicted octanol–water partition coefficient (Wildman–Crippen LogP) is 3.67. The van der Waals surface area contributed by atoms with E-state index in [1.807, 2.05) is 17.5 Å². The van der Waals surface area contributed by atoms with Gasteiger partial charge >= 0.3 is 0 Å². The quantitative estimate of drug-likeness (QED) is 0.867. The molecule has 1 N–H and O–H groups in total. The Morgan fingerprint density at radius 3 is 3.08 bits per heavy atom. The van der Waals surface area contributed by atoms with Crippen LogP contribution in [-0.2, 0) is 11.2 Å². The smallest absolute Gasteiger partial charge is 0.227 e. The number of hydrogen-bond donors (Lipinski definition) is 1. The topological polar surface area (TPSA) is 68.0 Å². The Kier molecular flexibility index (Phi) is 4.39. The SMILES string of the molecule is CC(NC(=O)CCc1nc(-c2cccs2)no1)C1CC2CCC1C2. The summed E-state index contributed by atoms with van der Waals surface area (Å²) in [7, 11) is 0. The number of carbonyl (C=O) groups excluding carboxylic acids is 1. The van der Waals surface area contributed by atoms with Gasteiger partial charge in [0.15, 0.2) is 0 Å². The first-order chi connectivity index (χ1) is 11.7. The predicted molar refractivity (Wildman–Crippen MR) is 92.5 cm³/mol. The first kappa shape index (κ1) is 15.8. The van der Waals surface area contributed by atoms with Gasteiger partial charge < -0.3 is 9.84 Å². The highest BCUT2D eigenvalue weighted by Gasteiger charge is 2.42. The van der Waals surface area contributed by atoms with E-state index < -0.39 is 0 Å². The average Bonchev–Trinajstić information content (AvgIpc) is 3.37. The van der Waals surface area contributed by atoms with Gasteiger partial charge in [-0.15, -0.1) is 11.3 Å². The third kappa shape index (κ3) is 3.24. The fraction of sp³-hybridized carbons (Fsp3) is 0.611. The molecule has 128 valence electrons.